The molecule has 0 aromatic carbocycles. The number of carbonyl (C=O) groups excluding carboxylic acids is 2. The highest BCUT2D eigenvalue weighted by Crippen LogP contribution is 2.32. The van der Waals surface area contributed by atoms with Crippen molar-refractivity contribution in [1.29, 1.82) is 0 Å². The van der Waals surface area contributed by atoms with Crippen molar-refractivity contribution in [3.63, 3.8) is 0 Å². The first kappa shape index (κ1) is 11.3. The smallest absolute Gasteiger partial charge is 0.341 e. The van der Waals surface area contributed by atoms with Crippen LogP contribution in [0.25, 0.3) is 0 Å². The Hall–Kier alpha value is -1.78. The van der Waals surface area contributed by atoms with E-state index in [2.05, 4.69) is 0 Å². The van der Waals surface area contributed by atoms with Crippen LogP contribution in [-0.4, -0.2) is 36.0 Å². The number of amides is 1. The maximum Gasteiger partial charge on any atom is 0.341 e. The van der Waals surface area contributed by atoms with Gasteiger partial charge in [-0.25, -0.2) is 4.79 Å². The van der Waals surface area contributed by atoms with E-state index in [1.54, 1.807) is 6.07 Å². The predicted molar refractivity (Wildman–Crippen MR) is 61.8 cm³/mol. The number of nitrogens with zero attached hydrogens (tertiary/aromatic N) is 1. The van der Waals surface area contributed by atoms with Gasteiger partial charge >= 0.3 is 5.97 Å². The lowest BCUT2D eigenvalue weighted by Crippen LogP contribution is -2.27. The molecular weight excluding hydrogens is 234 g/mol. The third kappa shape index (κ3) is 2.25. The zero-order valence-corrected chi connectivity index (χ0v) is 10.0. The van der Waals surface area contributed by atoms with Gasteiger partial charge in [0.2, 0.25) is 5.91 Å². The van der Waals surface area contributed by atoms with E-state index in [1.807, 2.05) is 4.90 Å². The highest BCUT2D eigenvalue weighted by molar-refractivity contribution is 5.88. The second kappa shape index (κ2) is 4.48. The molecular formula is C13H15NO4. The second-order valence-electron chi connectivity index (χ2n) is 4.96. The van der Waals surface area contributed by atoms with Crippen LogP contribution in [0.15, 0.2) is 23.0 Å². The summed E-state index contributed by atoms with van der Waals surface area (Å²) in [5, 5.41) is 0. The van der Waals surface area contributed by atoms with E-state index in [1.165, 1.54) is 12.5 Å². The van der Waals surface area contributed by atoms with Crippen molar-refractivity contribution in [1.82, 2.24) is 4.90 Å². The highest BCUT2D eigenvalue weighted by Gasteiger charge is 2.39. The predicted octanol–water partition coefficient (Wildman–Crippen LogP) is 1.45. The number of hydrogen-bond acceptors (Lipinski definition) is 4. The third-order valence-corrected chi connectivity index (χ3v) is 3.43. The van der Waals surface area contributed by atoms with Crippen LogP contribution in [0.1, 0.15) is 29.6 Å². The molecule has 3 rings (SSSR count). The summed E-state index contributed by atoms with van der Waals surface area (Å²) >= 11 is 0. The van der Waals surface area contributed by atoms with E-state index in [9.17, 15) is 9.59 Å². The Morgan fingerprint density at radius 2 is 2.33 bits per heavy atom. The summed E-state index contributed by atoms with van der Waals surface area (Å²) in [5.41, 5.74) is 0.415. The Bertz CT molecular complexity index is 450. The van der Waals surface area contributed by atoms with E-state index in [-0.39, 0.29) is 17.8 Å². The molecule has 0 bridgehead atoms. The number of carbonyl (C=O) groups is 2. The highest BCUT2D eigenvalue weighted by atomic mass is 16.5. The minimum absolute atomic E-state index is 0.133. The molecule has 2 aliphatic rings. The molecule has 0 radical (unpaired) electrons. The topological polar surface area (TPSA) is 59.8 Å². The molecule has 1 saturated heterocycles. The number of rotatable bonds is 4. The van der Waals surface area contributed by atoms with Crippen LogP contribution < -0.4 is 0 Å². The van der Waals surface area contributed by atoms with Crippen LogP contribution in [0.3, 0.4) is 0 Å². The summed E-state index contributed by atoms with van der Waals surface area (Å²) < 4.78 is 10.0. The van der Waals surface area contributed by atoms with E-state index >= 15 is 0 Å². The van der Waals surface area contributed by atoms with E-state index in [4.69, 9.17) is 9.15 Å². The average molecular weight is 249 g/mol. The molecule has 2 heterocycles. The quantitative estimate of drug-likeness (QED) is 0.758. The molecule has 96 valence electrons. The molecule has 1 aromatic heterocycles. The first-order valence-electron chi connectivity index (χ1n) is 6.23. The number of ether oxygens (including phenoxy) is 1. The van der Waals surface area contributed by atoms with Crippen LogP contribution in [0.4, 0.5) is 0 Å². The molecule has 0 spiro atoms. The van der Waals surface area contributed by atoms with Gasteiger partial charge in [0.1, 0.15) is 6.26 Å². The fourth-order valence-electron chi connectivity index (χ4n) is 2.32. The van der Waals surface area contributed by atoms with E-state index < -0.39 is 0 Å². The first-order chi connectivity index (χ1) is 8.74. The Labute approximate surface area is 105 Å². The van der Waals surface area contributed by atoms with Gasteiger partial charge in [0.05, 0.1) is 18.4 Å². The van der Waals surface area contributed by atoms with Gasteiger partial charge in [-0.2, -0.15) is 0 Å². The summed E-state index contributed by atoms with van der Waals surface area (Å²) in [7, 11) is 0. The summed E-state index contributed by atoms with van der Waals surface area (Å²) in [6.45, 7) is 1.03. The van der Waals surface area contributed by atoms with Crippen molar-refractivity contribution in [2.24, 2.45) is 5.92 Å². The van der Waals surface area contributed by atoms with Gasteiger partial charge in [-0.05, 0) is 18.9 Å². The lowest BCUT2D eigenvalue weighted by atomic mass is 10.1. The fourth-order valence-corrected chi connectivity index (χ4v) is 2.32. The Morgan fingerprint density at radius 1 is 1.50 bits per heavy atom. The molecule has 5 nitrogen and oxygen atoms in total. The fraction of sp³-hybridized carbons (Fsp3) is 0.538. The summed E-state index contributed by atoms with van der Waals surface area (Å²) in [4.78, 5) is 25.2. The van der Waals surface area contributed by atoms with Crippen molar-refractivity contribution in [3.05, 3.63) is 24.2 Å². The number of likely N-dealkylation sites (tertiary alicyclic amines) is 1. The maximum absolute atomic E-state index is 11.7. The van der Waals surface area contributed by atoms with Crippen molar-refractivity contribution in [2.75, 3.05) is 13.2 Å². The van der Waals surface area contributed by atoms with Crippen LogP contribution in [-0.2, 0) is 9.53 Å². The Morgan fingerprint density at radius 3 is 3.00 bits per heavy atom. The van der Waals surface area contributed by atoms with Crippen molar-refractivity contribution in [3.8, 4) is 0 Å². The SMILES string of the molecule is O=C(OCC1CC(=O)N(C2CC2)C1)c1ccoc1. The second-order valence-corrected chi connectivity index (χ2v) is 4.96. The lowest BCUT2D eigenvalue weighted by Gasteiger charge is -2.15. The van der Waals surface area contributed by atoms with Crippen LogP contribution in [0.2, 0.25) is 0 Å². The van der Waals surface area contributed by atoms with E-state index in [0.29, 0.717) is 24.6 Å². The molecule has 1 aliphatic heterocycles. The standard InChI is InChI=1S/C13H15NO4/c15-12-5-9(6-14(12)11-1-2-11)7-18-13(16)10-3-4-17-8-10/h3-4,8-9,11H,1-2,5-7H2. The van der Waals surface area contributed by atoms with Gasteiger partial charge in [0.25, 0.3) is 0 Å². The molecule has 0 N–H and O–H groups in total. The molecule has 1 amide bonds. The van der Waals surface area contributed by atoms with Crippen molar-refractivity contribution < 1.29 is 18.7 Å². The summed E-state index contributed by atoms with van der Waals surface area (Å²) in [6, 6.07) is 2.02. The number of furan rings is 1. The normalized spacial score (nSPS) is 23.4. The molecule has 18 heavy (non-hydrogen) atoms. The number of hydrogen-bond donors (Lipinski definition) is 0. The first-order valence-corrected chi connectivity index (χ1v) is 6.23. The molecule has 1 aromatic rings. The Kier molecular flexibility index (Phi) is 2.81. The molecule has 5 heteroatoms. The summed E-state index contributed by atoms with van der Waals surface area (Å²) in [5.74, 6) is -0.0584. The molecule has 1 atom stereocenters. The molecule has 1 unspecified atom stereocenters. The average Bonchev–Trinajstić information content (AvgIpc) is 2.91. The van der Waals surface area contributed by atoms with Gasteiger partial charge in [-0.3, -0.25) is 4.79 Å². The monoisotopic (exact) mass is 249 g/mol. The van der Waals surface area contributed by atoms with Gasteiger partial charge in [-0.1, -0.05) is 0 Å². The number of esters is 1. The zero-order chi connectivity index (χ0) is 12.5. The minimum Gasteiger partial charge on any atom is -0.472 e. The van der Waals surface area contributed by atoms with Gasteiger partial charge < -0.3 is 14.1 Å². The summed E-state index contributed by atoms with van der Waals surface area (Å²) in [6.07, 6.45) is 5.53. The molecule has 2 fully saturated rings. The van der Waals surface area contributed by atoms with Gasteiger partial charge in [-0.15, -0.1) is 0 Å². The van der Waals surface area contributed by atoms with E-state index in [0.717, 1.165) is 19.4 Å². The molecule has 1 aliphatic carbocycles. The third-order valence-electron chi connectivity index (χ3n) is 3.43. The van der Waals surface area contributed by atoms with Gasteiger partial charge in [0, 0.05) is 24.9 Å². The van der Waals surface area contributed by atoms with Crippen LogP contribution in [0.5, 0.6) is 0 Å². The lowest BCUT2D eigenvalue weighted by molar-refractivity contribution is -0.128. The van der Waals surface area contributed by atoms with Crippen molar-refractivity contribution in [2.45, 2.75) is 25.3 Å². The largest absolute Gasteiger partial charge is 0.472 e. The zero-order valence-electron chi connectivity index (χ0n) is 10.0. The van der Waals surface area contributed by atoms with Crippen LogP contribution in [0, 0.1) is 5.92 Å². The minimum atomic E-state index is -0.388. The van der Waals surface area contributed by atoms with Crippen molar-refractivity contribution >= 4 is 11.9 Å². The van der Waals surface area contributed by atoms with Gasteiger partial charge in [0.15, 0.2) is 0 Å². The molecule has 1 saturated carbocycles. The van der Waals surface area contributed by atoms with Crippen LogP contribution >= 0.6 is 0 Å². The Balaban J connectivity index is 1.49. The maximum atomic E-state index is 11.7.